The molecular formula is C13H28N4. The molecule has 0 aliphatic heterocycles. The smallest absolute Gasteiger partial charge is 0.108 e. The summed E-state index contributed by atoms with van der Waals surface area (Å²) in [5.41, 5.74) is 1.19. The number of hydrogen-bond donors (Lipinski definition) is 2. The van der Waals surface area contributed by atoms with E-state index >= 15 is 0 Å². The van der Waals surface area contributed by atoms with Gasteiger partial charge in [0.25, 0.3) is 0 Å². The van der Waals surface area contributed by atoms with E-state index in [0.717, 1.165) is 12.2 Å². The van der Waals surface area contributed by atoms with E-state index in [-0.39, 0.29) is 2.85 Å². The maximum absolute atomic E-state index is 4.06. The van der Waals surface area contributed by atoms with Gasteiger partial charge in [-0.15, -0.1) is 0 Å². The van der Waals surface area contributed by atoms with Crippen LogP contribution in [-0.2, 0) is 6.42 Å². The molecule has 2 aromatic heterocycles. The van der Waals surface area contributed by atoms with Crippen LogP contribution in [0.2, 0.25) is 0 Å². The van der Waals surface area contributed by atoms with Gasteiger partial charge < -0.3 is 9.97 Å². The van der Waals surface area contributed by atoms with Gasteiger partial charge in [-0.05, 0) is 6.42 Å². The topological polar surface area (TPSA) is 57.4 Å². The molecule has 0 aliphatic carbocycles. The van der Waals surface area contributed by atoms with E-state index in [9.17, 15) is 0 Å². The van der Waals surface area contributed by atoms with E-state index in [1.165, 1.54) is 5.69 Å². The highest BCUT2D eigenvalue weighted by atomic mass is 14.9. The minimum Gasteiger partial charge on any atom is -0.349 e. The van der Waals surface area contributed by atoms with Crippen molar-refractivity contribution in [1.82, 2.24) is 19.9 Å². The van der Waals surface area contributed by atoms with Crippen molar-refractivity contribution in [3.63, 3.8) is 0 Å². The van der Waals surface area contributed by atoms with Crippen molar-refractivity contribution in [3.8, 4) is 0 Å². The highest BCUT2D eigenvalue weighted by Gasteiger charge is 1.96. The van der Waals surface area contributed by atoms with Crippen LogP contribution < -0.4 is 0 Å². The van der Waals surface area contributed by atoms with Crippen LogP contribution in [0.5, 0.6) is 0 Å². The standard InChI is InChI=1S/C6H10N2.C5H8N2.C2H6.2H2/c1-5(2)6-7-3-4-8-6;1-2-5-3-6-4-7-5;1-2;;/h3-5H,1-2H3,(H,7,8);3-4H,2H2,1H3,(H,6,7);1-2H3;2*1H. The zero-order valence-corrected chi connectivity index (χ0v) is 11.5. The monoisotopic (exact) mass is 240 g/mol. The lowest BCUT2D eigenvalue weighted by Crippen LogP contribution is -1.87. The van der Waals surface area contributed by atoms with Crippen LogP contribution >= 0.6 is 0 Å². The lowest BCUT2D eigenvalue weighted by atomic mass is 10.2. The molecule has 0 radical (unpaired) electrons. The molecule has 0 saturated heterocycles. The molecule has 0 bridgehead atoms. The minimum absolute atomic E-state index is 0. The maximum atomic E-state index is 4.06. The number of H-pyrrole nitrogens is 2. The van der Waals surface area contributed by atoms with Crippen LogP contribution in [0.3, 0.4) is 0 Å². The largest absolute Gasteiger partial charge is 0.349 e. The zero-order chi connectivity index (χ0) is 13.1. The summed E-state index contributed by atoms with van der Waals surface area (Å²) < 4.78 is 0. The summed E-state index contributed by atoms with van der Waals surface area (Å²) in [6.45, 7) is 10.3. The summed E-state index contributed by atoms with van der Waals surface area (Å²) in [7, 11) is 0. The SMILES string of the molecule is CC.CC(C)c1ncc[nH]1.CCc1cnc[nH]1.[HH].[HH]. The molecule has 4 heteroatoms. The van der Waals surface area contributed by atoms with Crippen molar-refractivity contribution < 1.29 is 2.85 Å². The average Bonchev–Trinajstić information content (AvgIpc) is 3.05. The molecular weight excluding hydrogens is 212 g/mol. The molecule has 0 aromatic carbocycles. The zero-order valence-electron chi connectivity index (χ0n) is 11.5. The molecule has 0 spiro atoms. The third-order valence-corrected chi connectivity index (χ3v) is 2.00. The van der Waals surface area contributed by atoms with Gasteiger partial charge in [0.1, 0.15) is 5.82 Å². The van der Waals surface area contributed by atoms with E-state index in [4.69, 9.17) is 0 Å². The molecule has 2 rings (SSSR count). The lowest BCUT2D eigenvalue weighted by molar-refractivity contribution is 0.794. The predicted octanol–water partition coefficient (Wildman–Crippen LogP) is 4.02. The summed E-state index contributed by atoms with van der Waals surface area (Å²) in [5, 5.41) is 0. The number of aromatic amines is 2. The average molecular weight is 240 g/mol. The predicted molar refractivity (Wildman–Crippen MR) is 76.2 cm³/mol. The molecule has 0 unspecified atom stereocenters. The third-order valence-electron chi connectivity index (χ3n) is 2.00. The van der Waals surface area contributed by atoms with E-state index in [1.807, 2.05) is 26.2 Å². The normalized spacial score (nSPS) is 9.06. The first kappa shape index (κ1) is 15.4. The second kappa shape index (κ2) is 9.63. The van der Waals surface area contributed by atoms with Gasteiger partial charge in [-0.2, -0.15) is 0 Å². The van der Waals surface area contributed by atoms with Crippen LogP contribution in [0.25, 0.3) is 0 Å². The van der Waals surface area contributed by atoms with Gasteiger partial charge in [-0.25, -0.2) is 9.97 Å². The Morgan fingerprint density at radius 2 is 2.00 bits per heavy atom. The summed E-state index contributed by atoms with van der Waals surface area (Å²) in [4.78, 5) is 13.9. The van der Waals surface area contributed by atoms with Crippen LogP contribution in [-0.4, -0.2) is 19.9 Å². The minimum atomic E-state index is 0. The Kier molecular flexibility index (Phi) is 8.74. The summed E-state index contributed by atoms with van der Waals surface area (Å²) in [6, 6.07) is 0. The number of aryl methyl sites for hydroxylation is 1. The van der Waals surface area contributed by atoms with Crippen molar-refractivity contribution in [2.45, 2.75) is 47.0 Å². The number of nitrogens with zero attached hydrogens (tertiary/aromatic N) is 2. The van der Waals surface area contributed by atoms with Crippen molar-refractivity contribution in [1.29, 1.82) is 0 Å². The third kappa shape index (κ3) is 6.56. The van der Waals surface area contributed by atoms with Crippen molar-refractivity contribution >= 4 is 0 Å². The molecule has 2 aromatic rings. The van der Waals surface area contributed by atoms with Gasteiger partial charge in [0, 0.05) is 33.1 Å². The summed E-state index contributed by atoms with van der Waals surface area (Å²) >= 11 is 0. The van der Waals surface area contributed by atoms with Crippen LogP contribution in [0.15, 0.2) is 24.9 Å². The molecule has 0 atom stereocenters. The van der Waals surface area contributed by atoms with Crippen LogP contribution in [0, 0.1) is 0 Å². The van der Waals surface area contributed by atoms with Gasteiger partial charge in [0.2, 0.25) is 0 Å². The Hall–Kier alpha value is -1.58. The molecule has 2 N–H and O–H groups in total. The Balaban J connectivity index is -0.000000219. The molecule has 2 heterocycles. The molecule has 4 nitrogen and oxygen atoms in total. The van der Waals surface area contributed by atoms with Crippen molar-refractivity contribution in [3.05, 3.63) is 36.4 Å². The second-order valence-electron chi connectivity index (χ2n) is 3.56. The summed E-state index contributed by atoms with van der Waals surface area (Å²) in [6.07, 6.45) is 8.18. The first-order valence-electron chi connectivity index (χ1n) is 6.20. The fraction of sp³-hybridized carbons (Fsp3) is 0.538. The van der Waals surface area contributed by atoms with E-state index in [0.29, 0.717) is 5.92 Å². The Bertz CT molecular complexity index is 345. The molecule has 0 fully saturated rings. The Labute approximate surface area is 107 Å². The number of rotatable bonds is 2. The van der Waals surface area contributed by atoms with E-state index < -0.39 is 0 Å². The number of hydrogen-bond acceptors (Lipinski definition) is 2. The van der Waals surface area contributed by atoms with Crippen LogP contribution in [0.4, 0.5) is 0 Å². The molecule has 0 amide bonds. The number of aromatic nitrogens is 4. The Morgan fingerprint density at radius 1 is 1.29 bits per heavy atom. The second-order valence-corrected chi connectivity index (χ2v) is 3.56. The van der Waals surface area contributed by atoms with E-state index in [2.05, 4.69) is 40.7 Å². The highest BCUT2D eigenvalue weighted by Crippen LogP contribution is 2.05. The van der Waals surface area contributed by atoms with Gasteiger partial charge >= 0.3 is 0 Å². The van der Waals surface area contributed by atoms with Gasteiger partial charge in [0.05, 0.1) is 6.33 Å². The quantitative estimate of drug-likeness (QED) is 0.832. The highest BCUT2D eigenvalue weighted by molar-refractivity contribution is 4.92. The molecule has 0 saturated carbocycles. The fourth-order valence-corrected chi connectivity index (χ4v) is 1.07. The fourth-order valence-electron chi connectivity index (χ4n) is 1.07. The van der Waals surface area contributed by atoms with Gasteiger partial charge in [0.15, 0.2) is 0 Å². The number of nitrogens with one attached hydrogen (secondary N) is 2. The molecule has 17 heavy (non-hydrogen) atoms. The lowest BCUT2D eigenvalue weighted by Gasteiger charge is -1.95. The van der Waals surface area contributed by atoms with Gasteiger partial charge in [-0.1, -0.05) is 34.6 Å². The van der Waals surface area contributed by atoms with Gasteiger partial charge in [-0.3, -0.25) is 0 Å². The van der Waals surface area contributed by atoms with E-state index in [1.54, 1.807) is 12.5 Å². The van der Waals surface area contributed by atoms with Crippen molar-refractivity contribution in [2.24, 2.45) is 0 Å². The molecule has 100 valence electrons. The first-order chi connectivity index (χ1) is 8.24. The number of imidazole rings is 2. The molecule has 0 aliphatic rings. The summed E-state index contributed by atoms with van der Waals surface area (Å²) in [5.74, 6) is 1.58. The van der Waals surface area contributed by atoms with Crippen molar-refractivity contribution in [2.75, 3.05) is 0 Å². The maximum Gasteiger partial charge on any atom is 0.108 e. The Morgan fingerprint density at radius 3 is 2.24 bits per heavy atom. The first-order valence-corrected chi connectivity index (χ1v) is 6.20. The van der Waals surface area contributed by atoms with Crippen LogP contribution in [0.1, 0.15) is 54.9 Å².